The number of rotatable bonds is 7. The summed E-state index contributed by atoms with van der Waals surface area (Å²) in [5.41, 5.74) is 0. The molecule has 0 unspecified atom stereocenters. The molecule has 0 bridgehead atoms. The summed E-state index contributed by atoms with van der Waals surface area (Å²) in [6, 6.07) is 0. The normalized spacial score (nSPS) is 9.69. The van der Waals surface area contributed by atoms with Gasteiger partial charge in [0.15, 0.2) is 0 Å². The van der Waals surface area contributed by atoms with Crippen LogP contribution in [0, 0.1) is 0 Å². The van der Waals surface area contributed by atoms with Gasteiger partial charge in [-0.05, 0) is 19.8 Å². The first-order valence-electron chi connectivity index (χ1n) is 4.70. The van der Waals surface area contributed by atoms with Crippen molar-refractivity contribution in [1.82, 2.24) is 4.90 Å². The van der Waals surface area contributed by atoms with Crippen molar-refractivity contribution >= 4 is 21.8 Å². The first-order chi connectivity index (χ1) is 6.26. The monoisotopic (exact) mass is 247 g/mol. The molecule has 0 saturated heterocycles. The first-order valence-corrected chi connectivity index (χ1v) is 5.83. The molecule has 0 aromatic rings. The molecule has 0 fully saturated rings. The van der Waals surface area contributed by atoms with E-state index in [1.807, 2.05) is 11.8 Å². The van der Waals surface area contributed by atoms with Gasteiger partial charge in [-0.1, -0.05) is 22.0 Å². The summed E-state index contributed by atoms with van der Waals surface area (Å²) < 4.78 is 0. The van der Waals surface area contributed by atoms with Crippen molar-refractivity contribution in [2.45, 2.75) is 26.2 Å². The van der Waals surface area contributed by atoms with Gasteiger partial charge < -0.3 is 4.90 Å². The van der Waals surface area contributed by atoms with Crippen LogP contribution in [0.4, 0.5) is 0 Å². The first kappa shape index (κ1) is 12.7. The number of hydrogen-bond acceptors (Lipinski definition) is 1. The molecule has 0 aliphatic heterocycles. The topological polar surface area (TPSA) is 20.3 Å². The molecule has 13 heavy (non-hydrogen) atoms. The molecule has 0 N–H and O–H groups in total. The van der Waals surface area contributed by atoms with Crippen molar-refractivity contribution in [2.75, 3.05) is 18.4 Å². The Bertz CT molecular complexity index is 159. The quantitative estimate of drug-likeness (QED) is 0.385. The van der Waals surface area contributed by atoms with Crippen molar-refractivity contribution in [3.8, 4) is 0 Å². The fourth-order valence-electron chi connectivity index (χ4n) is 1.09. The summed E-state index contributed by atoms with van der Waals surface area (Å²) in [5, 5.41) is 0.980. The summed E-state index contributed by atoms with van der Waals surface area (Å²) in [7, 11) is 0. The highest BCUT2D eigenvalue weighted by Crippen LogP contribution is 2.02. The van der Waals surface area contributed by atoms with E-state index in [0.29, 0.717) is 13.0 Å². The molecule has 0 aromatic carbocycles. The van der Waals surface area contributed by atoms with Crippen molar-refractivity contribution in [1.29, 1.82) is 0 Å². The molecule has 76 valence electrons. The molecule has 3 heteroatoms. The minimum absolute atomic E-state index is 0.239. The van der Waals surface area contributed by atoms with Crippen LogP contribution in [0.5, 0.6) is 0 Å². The van der Waals surface area contributed by atoms with Gasteiger partial charge in [-0.15, -0.1) is 6.58 Å². The highest BCUT2D eigenvalue weighted by Gasteiger charge is 2.08. The van der Waals surface area contributed by atoms with Crippen LogP contribution in [0.1, 0.15) is 26.2 Å². The van der Waals surface area contributed by atoms with Crippen LogP contribution in [0.15, 0.2) is 12.7 Å². The zero-order valence-corrected chi connectivity index (χ0v) is 9.85. The number of carbonyl (C=O) groups is 1. The number of halogens is 1. The molecule has 2 nitrogen and oxygen atoms in total. The SMILES string of the molecule is C=CCN(CC)C(=O)CCCCBr. The van der Waals surface area contributed by atoms with Crippen LogP contribution in [0.3, 0.4) is 0 Å². The lowest BCUT2D eigenvalue weighted by molar-refractivity contribution is -0.130. The minimum Gasteiger partial charge on any atom is -0.339 e. The third-order valence-electron chi connectivity index (χ3n) is 1.86. The Morgan fingerprint density at radius 3 is 2.69 bits per heavy atom. The number of carbonyl (C=O) groups excluding carboxylic acids is 1. The molecule has 0 rings (SSSR count). The maximum atomic E-state index is 11.5. The summed E-state index contributed by atoms with van der Waals surface area (Å²) in [6.07, 6.45) is 4.47. The summed E-state index contributed by atoms with van der Waals surface area (Å²) >= 11 is 3.34. The number of alkyl halides is 1. The highest BCUT2D eigenvalue weighted by molar-refractivity contribution is 9.09. The van der Waals surface area contributed by atoms with E-state index in [2.05, 4.69) is 22.5 Å². The van der Waals surface area contributed by atoms with Gasteiger partial charge in [0, 0.05) is 24.8 Å². The third kappa shape index (κ3) is 5.86. The molecule has 0 saturated carbocycles. The Morgan fingerprint density at radius 1 is 1.54 bits per heavy atom. The van der Waals surface area contributed by atoms with E-state index >= 15 is 0 Å². The van der Waals surface area contributed by atoms with E-state index < -0.39 is 0 Å². The van der Waals surface area contributed by atoms with Gasteiger partial charge >= 0.3 is 0 Å². The van der Waals surface area contributed by atoms with Gasteiger partial charge in [0.1, 0.15) is 0 Å². The Labute approximate surface area is 89.1 Å². The van der Waals surface area contributed by atoms with Gasteiger partial charge in [0.05, 0.1) is 0 Å². The zero-order valence-electron chi connectivity index (χ0n) is 8.26. The Morgan fingerprint density at radius 2 is 2.23 bits per heavy atom. The Kier molecular flexibility index (Phi) is 8.10. The second kappa shape index (κ2) is 8.30. The number of unbranched alkanes of at least 4 members (excludes halogenated alkanes) is 1. The molecule has 1 amide bonds. The standard InChI is InChI=1S/C10H18BrNO/c1-3-9-12(4-2)10(13)7-5-6-8-11/h3H,1,4-9H2,2H3. The molecule has 0 aromatic heterocycles. The van der Waals surface area contributed by atoms with Crippen LogP contribution in [0.25, 0.3) is 0 Å². The van der Waals surface area contributed by atoms with Crippen molar-refractivity contribution in [2.24, 2.45) is 0 Å². The lowest BCUT2D eigenvalue weighted by Crippen LogP contribution is -2.30. The molecule has 0 aliphatic rings. The van der Waals surface area contributed by atoms with Crippen molar-refractivity contribution in [3.63, 3.8) is 0 Å². The lowest BCUT2D eigenvalue weighted by atomic mass is 10.2. The predicted octanol–water partition coefficient (Wildman–Crippen LogP) is 2.59. The fraction of sp³-hybridized carbons (Fsp3) is 0.700. The zero-order chi connectivity index (χ0) is 10.1. The average molecular weight is 248 g/mol. The maximum Gasteiger partial charge on any atom is 0.222 e. The van der Waals surface area contributed by atoms with Crippen LogP contribution in [-0.4, -0.2) is 29.2 Å². The van der Waals surface area contributed by atoms with E-state index in [0.717, 1.165) is 24.7 Å². The van der Waals surface area contributed by atoms with E-state index in [1.54, 1.807) is 6.08 Å². The number of amides is 1. The smallest absolute Gasteiger partial charge is 0.222 e. The van der Waals surface area contributed by atoms with E-state index in [4.69, 9.17) is 0 Å². The Hall–Kier alpha value is -0.310. The molecular formula is C10H18BrNO. The van der Waals surface area contributed by atoms with Gasteiger partial charge in [-0.25, -0.2) is 0 Å². The number of likely N-dealkylation sites (N-methyl/N-ethyl adjacent to an activating group) is 1. The second-order valence-electron chi connectivity index (χ2n) is 2.87. The Balaban J connectivity index is 3.70. The van der Waals surface area contributed by atoms with E-state index in [-0.39, 0.29) is 5.91 Å². The van der Waals surface area contributed by atoms with E-state index in [9.17, 15) is 4.79 Å². The van der Waals surface area contributed by atoms with Crippen LogP contribution < -0.4 is 0 Å². The van der Waals surface area contributed by atoms with E-state index in [1.165, 1.54) is 0 Å². The van der Waals surface area contributed by atoms with Crippen LogP contribution in [0.2, 0.25) is 0 Å². The summed E-state index contributed by atoms with van der Waals surface area (Å²) in [6.45, 7) is 7.07. The molecule has 0 atom stereocenters. The molecule has 0 heterocycles. The second-order valence-corrected chi connectivity index (χ2v) is 3.66. The third-order valence-corrected chi connectivity index (χ3v) is 2.42. The van der Waals surface area contributed by atoms with Crippen molar-refractivity contribution in [3.05, 3.63) is 12.7 Å². The van der Waals surface area contributed by atoms with Gasteiger partial charge in [0.2, 0.25) is 5.91 Å². The largest absolute Gasteiger partial charge is 0.339 e. The average Bonchev–Trinajstić information content (AvgIpc) is 2.14. The molecular weight excluding hydrogens is 230 g/mol. The maximum absolute atomic E-state index is 11.5. The minimum atomic E-state index is 0.239. The van der Waals surface area contributed by atoms with Gasteiger partial charge in [-0.2, -0.15) is 0 Å². The van der Waals surface area contributed by atoms with Gasteiger partial charge in [0.25, 0.3) is 0 Å². The molecule has 0 spiro atoms. The highest BCUT2D eigenvalue weighted by atomic mass is 79.9. The predicted molar refractivity (Wildman–Crippen MR) is 60.1 cm³/mol. The van der Waals surface area contributed by atoms with Crippen LogP contribution >= 0.6 is 15.9 Å². The number of nitrogens with zero attached hydrogens (tertiary/aromatic N) is 1. The van der Waals surface area contributed by atoms with Gasteiger partial charge in [-0.3, -0.25) is 4.79 Å². The lowest BCUT2D eigenvalue weighted by Gasteiger charge is -2.18. The van der Waals surface area contributed by atoms with Crippen LogP contribution in [-0.2, 0) is 4.79 Å². The fourth-order valence-corrected chi connectivity index (χ4v) is 1.49. The molecule has 0 radical (unpaired) electrons. The summed E-state index contributed by atoms with van der Waals surface area (Å²) in [4.78, 5) is 13.3. The molecule has 0 aliphatic carbocycles. The number of hydrogen-bond donors (Lipinski definition) is 0. The summed E-state index contributed by atoms with van der Waals surface area (Å²) in [5.74, 6) is 0.239. The van der Waals surface area contributed by atoms with Crippen molar-refractivity contribution < 1.29 is 4.79 Å².